The number of carbonyl (C=O) groups is 5. The molecule has 0 bridgehead atoms. The Bertz CT molecular complexity index is 1050. The number of anilines is 1. The number of nitrogens with two attached hydrogens (primary N) is 1. The summed E-state index contributed by atoms with van der Waals surface area (Å²) in [6.45, 7) is 4.04. The molecule has 1 aliphatic rings. The molecule has 2 unspecified atom stereocenters. The molecule has 1 aliphatic heterocycles. The average Bonchev–Trinajstić information content (AvgIpc) is 3.14. The van der Waals surface area contributed by atoms with Crippen LogP contribution >= 0.6 is 0 Å². The number of amides is 3. The molecule has 0 saturated heterocycles. The molecule has 0 aromatic heterocycles. The van der Waals surface area contributed by atoms with Crippen molar-refractivity contribution in [2.75, 3.05) is 25.8 Å². The second-order valence-corrected chi connectivity index (χ2v) is 7.43. The number of methoxy groups -OCH3 is 2. The van der Waals surface area contributed by atoms with Crippen LogP contribution in [0.5, 0.6) is 0 Å². The Hall–Kier alpha value is -4.29. The highest BCUT2D eigenvalue weighted by Gasteiger charge is 2.68. The first-order chi connectivity index (χ1) is 16.6. The number of benzene rings is 1. The number of nitrogens with zero attached hydrogens (tertiary/aromatic N) is 3. The van der Waals surface area contributed by atoms with Crippen LogP contribution in [0, 0.1) is 17.3 Å². The molecule has 35 heavy (non-hydrogen) atoms. The van der Waals surface area contributed by atoms with Gasteiger partial charge in [0.05, 0.1) is 37.9 Å². The second kappa shape index (κ2) is 11.2. The van der Waals surface area contributed by atoms with E-state index in [4.69, 9.17) is 19.9 Å². The van der Waals surface area contributed by atoms with Crippen LogP contribution in [0.2, 0.25) is 0 Å². The summed E-state index contributed by atoms with van der Waals surface area (Å²) in [5, 5.41) is 8.99. The van der Waals surface area contributed by atoms with Gasteiger partial charge in [-0.25, -0.2) is 15.2 Å². The normalized spacial score (nSPS) is 16.8. The number of para-hydroxylation sites is 1. The molecule has 13 nitrogen and oxygen atoms in total. The van der Waals surface area contributed by atoms with Gasteiger partial charge in [0, 0.05) is 0 Å². The Balaban J connectivity index is 2.85. The third kappa shape index (κ3) is 4.98. The zero-order valence-corrected chi connectivity index (χ0v) is 19.9. The standard InChI is InChI=1S/C22H27N5O8/c1-6-35-18(29)16(12(2)24-25-21(23)32)22(19(30)33-4,20(31)34-5)15-13(3)26-27(17(15)28)14-10-8-7-9-11-14/h7-11,15-16H,6H2,1-5H3,(H3,23,25,32)/b24-12-. The lowest BCUT2D eigenvalue weighted by Gasteiger charge is -2.37. The van der Waals surface area contributed by atoms with Crippen molar-refractivity contribution in [3.63, 3.8) is 0 Å². The number of hydrogen-bond acceptors (Lipinski definition) is 10. The molecule has 3 amide bonds. The maximum absolute atomic E-state index is 13.7. The Morgan fingerprint density at radius 2 is 1.74 bits per heavy atom. The summed E-state index contributed by atoms with van der Waals surface area (Å²) < 4.78 is 15.0. The van der Waals surface area contributed by atoms with Gasteiger partial charge in [-0.1, -0.05) is 18.2 Å². The van der Waals surface area contributed by atoms with Crippen molar-refractivity contribution in [2.24, 2.45) is 33.2 Å². The van der Waals surface area contributed by atoms with E-state index in [0.29, 0.717) is 5.69 Å². The molecule has 0 radical (unpaired) electrons. The lowest BCUT2D eigenvalue weighted by atomic mass is 9.63. The number of rotatable bonds is 9. The van der Waals surface area contributed by atoms with Crippen molar-refractivity contribution < 1.29 is 38.2 Å². The summed E-state index contributed by atoms with van der Waals surface area (Å²) in [6, 6.07) is 7.19. The molecule has 13 heteroatoms. The highest BCUT2D eigenvalue weighted by Crippen LogP contribution is 2.45. The Morgan fingerprint density at radius 1 is 1.17 bits per heavy atom. The average molecular weight is 489 g/mol. The number of nitrogens with one attached hydrogen (secondary N) is 1. The summed E-state index contributed by atoms with van der Waals surface area (Å²) in [6.07, 6.45) is 0. The Labute approximate surface area is 201 Å². The largest absolute Gasteiger partial charge is 0.468 e. The summed E-state index contributed by atoms with van der Waals surface area (Å²) >= 11 is 0. The maximum Gasteiger partial charge on any atom is 0.332 e. The zero-order valence-electron chi connectivity index (χ0n) is 19.9. The van der Waals surface area contributed by atoms with Crippen LogP contribution in [0.25, 0.3) is 0 Å². The summed E-state index contributed by atoms with van der Waals surface area (Å²) in [4.78, 5) is 65.0. The van der Waals surface area contributed by atoms with Crippen molar-refractivity contribution in [1.82, 2.24) is 5.43 Å². The van der Waals surface area contributed by atoms with Crippen molar-refractivity contribution in [1.29, 1.82) is 0 Å². The van der Waals surface area contributed by atoms with Gasteiger partial charge in [-0.2, -0.15) is 10.2 Å². The second-order valence-electron chi connectivity index (χ2n) is 7.43. The van der Waals surface area contributed by atoms with Gasteiger partial charge in [0.15, 0.2) is 0 Å². The van der Waals surface area contributed by atoms with E-state index in [1.54, 1.807) is 30.3 Å². The lowest BCUT2D eigenvalue weighted by Crippen LogP contribution is -2.60. The van der Waals surface area contributed by atoms with Crippen LogP contribution in [0.1, 0.15) is 20.8 Å². The zero-order chi connectivity index (χ0) is 26.3. The first kappa shape index (κ1) is 27.0. The van der Waals surface area contributed by atoms with E-state index >= 15 is 0 Å². The topological polar surface area (TPSA) is 179 Å². The molecular formula is C22H27N5O8. The van der Waals surface area contributed by atoms with Crippen LogP contribution in [0.4, 0.5) is 10.5 Å². The quantitative estimate of drug-likeness (QED) is 0.166. The van der Waals surface area contributed by atoms with Gasteiger partial charge >= 0.3 is 23.9 Å². The number of urea groups is 1. The van der Waals surface area contributed by atoms with Crippen LogP contribution in [-0.4, -0.2) is 62.1 Å². The lowest BCUT2D eigenvalue weighted by molar-refractivity contribution is -0.181. The first-order valence-corrected chi connectivity index (χ1v) is 10.4. The molecule has 188 valence electrons. The van der Waals surface area contributed by atoms with Crippen LogP contribution < -0.4 is 16.2 Å². The molecule has 2 atom stereocenters. The number of hydrogen-bond donors (Lipinski definition) is 2. The maximum atomic E-state index is 13.7. The van der Waals surface area contributed by atoms with Gasteiger partial charge < -0.3 is 19.9 Å². The van der Waals surface area contributed by atoms with Crippen LogP contribution in [0.15, 0.2) is 40.5 Å². The minimum atomic E-state index is -2.64. The van der Waals surface area contributed by atoms with Gasteiger partial charge in [-0.15, -0.1) is 0 Å². The predicted octanol–water partition coefficient (Wildman–Crippen LogP) is 0.581. The van der Waals surface area contributed by atoms with Gasteiger partial charge in [0.2, 0.25) is 5.41 Å². The highest BCUT2D eigenvalue weighted by atomic mass is 16.6. The number of carbonyl (C=O) groups excluding carboxylic acids is 5. The van der Waals surface area contributed by atoms with Crippen LogP contribution in [0.3, 0.4) is 0 Å². The van der Waals surface area contributed by atoms with E-state index in [2.05, 4.69) is 10.2 Å². The van der Waals surface area contributed by atoms with Gasteiger partial charge in [-0.05, 0) is 32.9 Å². The summed E-state index contributed by atoms with van der Waals surface area (Å²) in [5.41, 5.74) is 4.49. The van der Waals surface area contributed by atoms with E-state index in [1.165, 1.54) is 20.8 Å². The van der Waals surface area contributed by atoms with Crippen molar-refractivity contribution in [3.05, 3.63) is 30.3 Å². The Kier molecular flexibility index (Phi) is 8.65. The molecule has 0 saturated carbocycles. The number of esters is 3. The number of ether oxygens (including phenoxy) is 3. The monoisotopic (exact) mass is 489 g/mol. The molecule has 0 aliphatic carbocycles. The Morgan fingerprint density at radius 3 is 2.23 bits per heavy atom. The van der Waals surface area contributed by atoms with Crippen molar-refractivity contribution >= 4 is 47.0 Å². The SMILES string of the molecule is CCOC(=O)C(/C(C)=N\NC(N)=O)C(C(=O)OC)(C(=O)OC)C1C(=O)N(c2ccccc2)N=C1C. The number of primary amides is 1. The third-order valence-electron chi connectivity index (χ3n) is 5.37. The van der Waals surface area contributed by atoms with Crippen molar-refractivity contribution in [2.45, 2.75) is 20.8 Å². The minimum Gasteiger partial charge on any atom is -0.468 e. The molecule has 1 aromatic carbocycles. The molecule has 0 fully saturated rings. The van der Waals surface area contributed by atoms with E-state index in [1.807, 2.05) is 5.43 Å². The predicted molar refractivity (Wildman–Crippen MR) is 123 cm³/mol. The fourth-order valence-corrected chi connectivity index (χ4v) is 4.02. The third-order valence-corrected chi connectivity index (χ3v) is 5.37. The van der Waals surface area contributed by atoms with E-state index in [9.17, 15) is 24.0 Å². The van der Waals surface area contributed by atoms with E-state index in [-0.39, 0.29) is 18.0 Å². The summed E-state index contributed by atoms with van der Waals surface area (Å²) in [7, 11) is 1.97. The highest BCUT2D eigenvalue weighted by molar-refractivity contribution is 6.25. The first-order valence-electron chi connectivity index (χ1n) is 10.4. The molecule has 1 aromatic rings. The summed E-state index contributed by atoms with van der Waals surface area (Å²) in [5.74, 6) is -7.92. The van der Waals surface area contributed by atoms with Crippen LogP contribution in [-0.2, 0) is 33.4 Å². The fourth-order valence-electron chi connectivity index (χ4n) is 4.02. The van der Waals surface area contributed by atoms with Gasteiger partial charge in [0.1, 0.15) is 11.8 Å². The molecule has 2 rings (SSSR count). The molecule has 0 spiro atoms. The molecular weight excluding hydrogens is 462 g/mol. The van der Waals surface area contributed by atoms with E-state index < -0.39 is 47.1 Å². The van der Waals surface area contributed by atoms with Gasteiger partial charge in [-0.3, -0.25) is 19.2 Å². The fraction of sp³-hybridized carbons (Fsp3) is 0.409. The van der Waals surface area contributed by atoms with Gasteiger partial charge in [0.25, 0.3) is 5.91 Å². The number of hydrazone groups is 2. The molecule has 1 heterocycles. The smallest absolute Gasteiger partial charge is 0.332 e. The minimum absolute atomic E-state index is 0.0274. The molecule has 3 N–H and O–H groups in total. The van der Waals surface area contributed by atoms with Crippen molar-refractivity contribution in [3.8, 4) is 0 Å². The van der Waals surface area contributed by atoms with E-state index in [0.717, 1.165) is 19.2 Å².